The monoisotopic (exact) mass is 403 g/mol. The number of phenolic OH excluding ortho intramolecular Hbond substituents is 1. The molecule has 8 heteroatoms. The summed E-state index contributed by atoms with van der Waals surface area (Å²) in [7, 11) is 0. The molecule has 0 unspecified atom stereocenters. The van der Waals surface area contributed by atoms with Crippen LogP contribution >= 0.6 is 33.9 Å². The van der Waals surface area contributed by atoms with E-state index in [1.54, 1.807) is 24.4 Å². The number of benzene rings is 1. The van der Waals surface area contributed by atoms with Crippen LogP contribution in [-0.2, 0) is 0 Å². The van der Waals surface area contributed by atoms with Gasteiger partial charge in [0.05, 0.1) is 3.57 Å². The second kappa shape index (κ2) is 6.18. The van der Waals surface area contributed by atoms with Crippen LogP contribution < -0.4 is 5.32 Å². The minimum absolute atomic E-state index is 0.0568. The molecule has 3 N–H and O–H groups in total. The van der Waals surface area contributed by atoms with Gasteiger partial charge in [0.25, 0.3) is 5.91 Å². The van der Waals surface area contributed by atoms with Crippen molar-refractivity contribution in [3.8, 4) is 5.75 Å². The summed E-state index contributed by atoms with van der Waals surface area (Å²) in [6.07, 6.45) is 0. The van der Waals surface area contributed by atoms with Gasteiger partial charge in [0, 0.05) is 10.9 Å². The van der Waals surface area contributed by atoms with Crippen LogP contribution in [0.5, 0.6) is 5.75 Å². The molecule has 0 atom stereocenters. The minimum atomic E-state index is -0.365. The van der Waals surface area contributed by atoms with E-state index < -0.39 is 0 Å². The van der Waals surface area contributed by atoms with Gasteiger partial charge in [-0.15, -0.1) is 11.3 Å². The number of halogens is 1. The number of hydrogen-bond donors (Lipinski definition) is 3. The molecule has 2 aromatic rings. The smallest absolute Gasteiger partial charge is 0.257 e. The highest BCUT2D eigenvalue weighted by molar-refractivity contribution is 14.1. The fourth-order valence-electron chi connectivity index (χ4n) is 1.37. The van der Waals surface area contributed by atoms with Gasteiger partial charge >= 0.3 is 0 Å². The number of aromatic hydroxyl groups is 1. The number of nitrogens with zero attached hydrogens (tertiary/aromatic N) is 2. The van der Waals surface area contributed by atoms with Crippen molar-refractivity contribution in [1.82, 2.24) is 4.98 Å². The predicted octanol–water partition coefficient (Wildman–Crippen LogP) is 2.90. The summed E-state index contributed by atoms with van der Waals surface area (Å²) in [6.45, 7) is 1.61. The Kier molecular flexibility index (Phi) is 4.55. The molecule has 0 saturated heterocycles. The predicted molar refractivity (Wildman–Crippen MR) is 84.9 cm³/mol. The Hall–Kier alpha value is -1.68. The van der Waals surface area contributed by atoms with Gasteiger partial charge in [-0.05, 0) is 47.7 Å². The van der Waals surface area contributed by atoms with Crippen LogP contribution in [0, 0.1) is 3.57 Å². The molecular formula is C12H10IN3O3S. The van der Waals surface area contributed by atoms with Crippen LogP contribution in [0.25, 0.3) is 0 Å². The van der Waals surface area contributed by atoms with Crippen molar-refractivity contribution >= 4 is 50.7 Å². The highest BCUT2D eigenvalue weighted by Crippen LogP contribution is 2.22. The zero-order valence-corrected chi connectivity index (χ0v) is 13.3. The second-order valence-corrected chi connectivity index (χ2v) is 5.86. The van der Waals surface area contributed by atoms with Crippen LogP contribution in [0.15, 0.2) is 28.7 Å². The molecule has 1 aromatic carbocycles. The minimum Gasteiger partial charge on any atom is -0.507 e. The molecule has 0 bridgehead atoms. The topological polar surface area (TPSA) is 94.8 Å². The number of thiazole rings is 1. The number of aromatic nitrogens is 1. The highest BCUT2D eigenvalue weighted by atomic mass is 127. The van der Waals surface area contributed by atoms with Gasteiger partial charge in [0.15, 0.2) is 5.13 Å². The van der Waals surface area contributed by atoms with Crippen molar-refractivity contribution in [2.24, 2.45) is 5.16 Å². The maximum absolute atomic E-state index is 12.0. The van der Waals surface area contributed by atoms with Gasteiger partial charge < -0.3 is 10.3 Å². The molecule has 0 aliphatic rings. The lowest BCUT2D eigenvalue weighted by atomic mass is 10.2. The molecule has 1 heterocycles. The first-order chi connectivity index (χ1) is 9.51. The fraction of sp³-hybridized carbons (Fsp3) is 0.0833. The highest BCUT2D eigenvalue weighted by Gasteiger charge is 2.11. The zero-order valence-electron chi connectivity index (χ0n) is 10.3. The Labute approximate surface area is 132 Å². The summed E-state index contributed by atoms with van der Waals surface area (Å²) < 4.78 is 0.672. The number of anilines is 1. The summed E-state index contributed by atoms with van der Waals surface area (Å²) >= 11 is 3.20. The lowest BCUT2D eigenvalue weighted by molar-refractivity contribution is 0.102. The quantitative estimate of drug-likeness (QED) is 0.318. The van der Waals surface area contributed by atoms with E-state index in [4.69, 9.17) is 5.21 Å². The SMILES string of the molecule is C/C(=N/O)c1csc(NC(=O)c2ccc(I)c(O)c2)n1. The van der Waals surface area contributed by atoms with Crippen molar-refractivity contribution in [1.29, 1.82) is 0 Å². The van der Waals surface area contributed by atoms with E-state index in [1.807, 2.05) is 22.6 Å². The average Bonchev–Trinajstić information content (AvgIpc) is 2.89. The van der Waals surface area contributed by atoms with Gasteiger partial charge in [-0.25, -0.2) is 4.98 Å². The third-order valence-corrected chi connectivity index (χ3v) is 4.12. The normalized spacial score (nSPS) is 11.4. The molecule has 0 spiro atoms. The van der Waals surface area contributed by atoms with Crippen LogP contribution in [0.3, 0.4) is 0 Å². The number of hydrogen-bond acceptors (Lipinski definition) is 6. The molecule has 0 aliphatic carbocycles. The molecule has 0 fully saturated rings. The molecule has 104 valence electrons. The van der Waals surface area contributed by atoms with E-state index in [0.29, 0.717) is 25.7 Å². The maximum Gasteiger partial charge on any atom is 0.257 e. The molecular weight excluding hydrogens is 393 g/mol. The van der Waals surface area contributed by atoms with Crippen molar-refractivity contribution in [3.63, 3.8) is 0 Å². The molecule has 1 amide bonds. The van der Waals surface area contributed by atoms with Crippen LogP contribution in [-0.4, -0.2) is 26.9 Å². The van der Waals surface area contributed by atoms with Crippen LogP contribution in [0.1, 0.15) is 23.0 Å². The molecule has 1 aromatic heterocycles. The van der Waals surface area contributed by atoms with Crippen LogP contribution in [0.2, 0.25) is 0 Å². The third-order valence-electron chi connectivity index (χ3n) is 2.45. The van der Waals surface area contributed by atoms with E-state index in [1.165, 1.54) is 17.4 Å². The van der Waals surface area contributed by atoms with Gasteiger partial charge in [-0.2, -0.15) is 0 Å². The zero-order chi connectivity index (χ0) is 14.7. The summed E-state index contributed by atoms with van der Waals surface area (Å²) in [6, 6.07) is 4.67. The lowest BCUT2D eigenvalue weighted by Crippen LogP contribution is -2.12. The first-order valence-electron chi connectivity index (χ1n) is 5.45. The Bertz CT molecular complexity index is 684. The lowest BCUT2D eigenvalue weighted by Gasteiger charge is -2.03. The van der Waals surface area contributed by atoms with Gasteiger partial charge in [0.1, 0.15) is 17.2 Å². The standard InChI is InChI=1S/C12H10IN3O3S/c1-6(16-19)9-5-20-12(14-9)15-11(18)7-2-3-8(13)10(17)4-7/h2-5,17,19H,1H3,(H,14,15,18)/b16-6-. The molecule has 0 aliphatic heterocycles. The average molecular weight is 403 g/mol. The van der Waals surface area contributed by atoms with E-state index in [2.05, 4.69) is 15.5 Å². The van der Waals surface area contributed by atoms with Crippen molar-refractivity contribution in [3.05, 3.63) is 38.4 Å². The number of nitrogens with one attached hydrogen (secondary N) is 1. The molecule has 0 saturated carbocycles. The number of rotatable bonds is 3. The van der Waals surface area contributed by atoms with E-state index in [0.717, 1.165) is 0 Å². The van der Waals surface area contributed by atoms with Crippen molar-refractivity contribution < 1.29 is 15.1 Å². The summed E-state index contributed by atoms with van der Waals surface area (Å²) in [5.41, 5.74) is 1.21. The number of carbonyl (C=O) groups excluding carboxylic acids is 1. The Balaban J connectivity index is 2.15. The van der Waals surface area contributed by atoms with Crippen molar-refractivity contribution in [2.75, 3.05) is 5.32 Å². The second-order valence-electron chi connectivity index (χ2n) is 3.84. The molecule has 20 heavy (non-hydrogen) atoms. The number of oxime groups is 1. The number of carbonyl (C=O) groups is 1. The van der Waals surface area contributed by atoms with E-state index in [-0.39, 0.29) is 11.7 Å². The first kappa shape index (κ1) is 14.7. The number of phenols is 1. The van der Waals surface area contributed by atoms with Gasteiger partial charge in [-0.3, -0.25) is 10.1 Å². The maximum atomic E-state index is 12.0. The van der Waals surface area contributed by atoms with Crippen molar-refractivity contribution in [2.45, 2.75) is 6.92 Å². The van der Waals surface area contributed by atoms with E-state index >= 15 is 0 Å². The molecule has 6 nitrogen and oxygen atoms in total. The Morgan fingerprint density at radius 2 is 2.25 bits per heavy atom. The third kappa shape index (κ3) is 3.25. The fourth-order valence-corrected chi connectivity index (χ4v) is 2.46. The largest absolute Gasteiger partial charge is 0.507 e. The summed E-state index contributed by atoms with van der Waals surface area (Å²) in [5, 5.41) is 26.0. The van der Waals surface area contributed by atoms with Crippen LogP contribution in [0.4, 0.5) is 5.13 Å². The molecule has 2 rings (SSSR count). The number of amides is 1. The van der Waals surface area contributed by atoms with Gasteiger partial charge in [-0.1, -0.05) is 5.16 Å². The first-order valence-corrected chi connectivity index (χ1v) is 7.41. The Morgan fingerprint density at radius 1 is 1.50 bits per heavy atom. The Morgan fingerprint density at radius 3 is 2.90 bits per heavy atom. The van der Waals surface area contributed by atoms with Gasteiger partial charge in [0.2, 0.25) is 0 Å². The summed E-state index contributed by atoms with van der Waals surface area (Å²) in [5.74, 6) is -0.308. The van der Waals surface area contributed by atoms with E-state index in [9.17, 15) is 9.90 Å². The summed E-state index contributed by atoms with van der Waals surface area (Å²) in [4.78, 5) is 16.1. The molecule has 0 radical (unpaired) electrons.